The van der Waals surface area contributed by atoms with Gasteiger partial charge >= 0.3 is 0 Å². The minimum Gasteiger partial charge on any atom is -0.398 e. The lowest BCUT2D eigenvalue weighted by Gasteiger charge is -2.08. The summed E-state index contributed by atoms with van der Waals surface area (Å²) in [6.45, 7) is 2.69. The number of allylic oxidation sites excluding steroid dienone is 1. The average Bonchev–Trinajstić information content (AvgIpc) is 2.77. The summed E-state index contributed by atoms with van der Waals surface area (Å²) in [7, 11) is 0. The predicted molar refractivity (Wildman–Crippen MR) is 124 cm³/mol. The molecule has 0 heterocycles. The second-order valence-electron chi connectivity index (χ2n) is 7.21. The van der Waals surface area contributed by atoms with Crippen molar-refractivity contribution >= 4 is 22.2 Å². The molecule has 0 saturated carbocycles. The first kappa shape index (κ1) is 18.7. The number of aliphatic imine (C=N–C) groups is 1. The molecular weight excluding hydrogens is 352 g/mol. The van der Waals surface area contributed by atoms with Crippen LogP contribution in [-0.4, -0.2) is 5.71 Å². The van der Waals surface area contributed by atoms with Crippen LogP contribution in [0.5, 0.6) is 0 Å². The van der Waals surface area contributed by atoms with Crippen molar-refractivity contribution in [2.24, 2.45) is 10.7 Å². The number of fused-ring (bicyclic) bond motifs is 1. The molecule has 2 nitrogen and oxygen atoms in total. The third kappa shape index (κ3) is 4.61. The van der Waals surface area contributed by atoms with E-state index in [9.17, 15) is 0 Å². The molecule has 0 saturated heterocycles. The number of nitrogens with zero attached hydrogens (tertiary/aromatic N) is 1. The van der Waals surface area contributed by atoms with Crippen LogP contribution in [0.2, 0.25) is 0 Å². The summed E-state index contributed by atoms with van der Waals surface area (Å²) >= 11 is 0. The van der Waals surface area contributed by atoms with E-state index in [0.29, 0.717) is 12.2 Å². The van der Waals surface area contributed by atoms with Gasteiger partial charge in [-0.15, -0.1) is 0 Å². The summed E-state index contributed by atoms with van der Waals surface area (Å²) in [5.41, 5.74) is 12.5. The Balaban J connectivity index is 1.75. The third-order valence-electron chi connectivity index (χ3n) is 5.00. The van der Waals surface area contributed by atoms with E-state index in [2.05, 4.69) is 85.8 Å². The zero-order valence-corrected chi connectivity index (χ0v) is 16.5. The monoisotopic (exact) mass is 376 g/mol. The fourth-order valence-electron chi connectivity index (χ4n) is 3.31. The molecule has 0 radical (unpaired) electrons. The van der Waals surface area contributed by atoms with E-state index in [-0.39, 0.29) is 0 Å². The van der Waals surface area contributed by atoms with Gasteiger partial charge in [0.1, 0.15) is 0 Å². The first-order chi connectivity index (χ1) is 14.2. The quantitative estimate of drug-likeness (QED) is 0.418. The molecule has 0 bridgehead atoms. The second kappa shape index (κ2) is 8.57. The number of aryl methyl sites for hydroxylation is 1. The number of hydrogen-bond donors (Lipinski definition) is 1. The molecule has 0 atom stereocenters. The number of rotatable bonds is 5. The topological polar surface area (TPSA) is 38.4 Å². The van der Waals surface area contributed by atoms with Gasteiger partial charge in [-0.25, -0.2) is 0 Å². The van der Waals surface area contributed by atoms with Gasteiger partial charge in [0, 0.05) is 11.3 Å². The molecule has 29 heavy (non-hydrogen) atoms. The Morgan fingerprint density at radius 2 is 1.41 bits per heavy atom. The number of benzene rings is 4. The van der Waals surface area contributed by atoms with Crippen molar-refractivity contribution in [2.75, 3.05) is 0 Å². The highest BCUT2D eigenvalue weighted by atomic mass is 14.7. The van der Waals surface area contributed by atoms with E-state index in [1.807, 2.05) is 24.3 Å². The van der Waals surface area contributed by atoms with E-state index >= 15 is 0 Å². The van der Waals surface area contributed by atoms with Crippen molar-refractivity contribution in [1.82, 2.24) is 0 Å². The van der Waals surface area contributed by atoms with Gasteiger partial charge in [-0.1, -0.05) is 96.6 Å². The molecule has 0 fully saturated rings. The molecule has 0 spiro atoms. The van der Waals surface area contributed by atoms with Gasteiger partial charge in [0.25, 0.3) is 0 Å². The van der Waals surface area contributed by atoms with E-state index in [0.717, 1.165) is 16.8 Å². The van der Waals surface area contributed by atoms with Crippen LogP contribution in [0.15, 0.2) is 108 Å². The SMILES string of the molecule is Cc1ccc(/C(N)=C/C(=NCc2ccccc2)c2ccc3ccccc3c2)cc1. The Bertz CT molecular complexity index is 1170. The molecule has 4 aromatic carbocycles. The summed E-state index contributed by atoms with van der Waals surface area (Å²) in [6.07, 6.45) is 1.98. The lowest BCUT2D eigenvalue weighted by molar-refractivity contribution is 1.07. The number of hydrogen-bond acceptors (Lipinski definition) is 2. The van der Waals surface area contributed by atoms with Crippen LogP contribution in [0.3, 0.4) is 0 Å². The summed E-state index contributed by atoms with van der Waals surface area (Å²) < 4.78 is 0. The fourth-order valence-corrected chi connectivity index (χ4v) is 3.31. The van der Waals surface area contributed by atoms with Gasteiger partial charge in [-0.05, 0) is 41.0 Å². The first-order valence-corrected chi connectivity index (χ1v) is 9.81. The van der Waals surface area contributed by atoms with Crippen molar-refractivity contribution in [3.05, 3.63) is 125 Å². The van der Waals surface area contributed by atoms with E-state index in [1.54, 1.807) is 0 Å². The van der Waals surface area contributed by atoms with Crippen LogP contribution < -0.4 is 5.73 Å². The fraction of sp³-hybridized carbons (Fsp3) is 0.0741. The summed E-state index contributed by atoms with van der Waals surface area (Å²) in [6, 6.07) is 33.3. The zero-order chi connectivity index (χ0) is 20.1. The Labute approximate surface area is 172 Å². The minimum absolute atomic E-state index is 0.612. The molecular formula is C27H24N2. The van der Waals surface area contributed by atoms with Gasteiger partial charge in [-0.2, -0.15) is 0 Å². The van der Waals surface area contributed by atoms with E-state index in [4.69, 9.17) is 10.7 Å². The van der Waals surface area contributed by atoms with Crippen LogP contribution in [0.1, 0.15) is 22.3 Å². The molecule has 142 valence electrons. The summed E-state index contributed by atoms with van der Waals surface area (Å²) in [5, 5.41) is 2.41. The molecule has 2 heteroatoms. The van der Waals surface area contributed by atoms with Crippen LogP contribution in [0.4, 0.5) is 0 Å². The average molecular weight is 377 g/mol. The van der Waals surface area contributed by atoms with Crippen LogP contribution in [-0.2, 0) is 6.54 Å². The maximum atomic E-state index is 6.45. The van der Waals surface area contributed by atoms with Crippen molar-refractivity contribution in [1.29, 1.82) is 0 Å². The van der Waals surface area contributed by atoms with Crippen molar-refractivity contribution < 1.29 is 0 Å². The molecule has 2 N–H and O–H groups in total. The van der Waals surface area contributed by atoms with Crippen molar-refractivity contribution in [3.8, 4) is 0 Å². The normalized spacial score (nSPS) is 12.3. The highest BCUT2D eigenvalue weighted by molar-refractivity contribution is 6.13. The van der Waals surface area contributed by atoms with Gasteiger partial charge < -0.3 is 5.73 Å². The molecule has 0 aliphatic heterocycles. The molecule has 4 aromatic rings. The standard InChI is InChI=1S/C27H24N2/c1-20-11-13-23(14-12-20)26(28)18-27(29-19-21-7-3-2-4-8-21)25-16-15-22-9-5-6-10-24(22)17-25/h2-18H,19,28H2,1H3/b26-18-,29-27?. The Kier molecular flexibility index (Phi) is 5.53. The third-order valence-corrected chi connectivity index (χ3v) is 5.00. The summed E-state index contributed by atoms with van der Waals surface area (Å²) in [5.74, 6) is 0. The first-order valence-electron chi connectivity index (χ1n) is 9.81. The molecule has 0 aromatic heterocycles. The maximum absolute atomic E-state index is 6.45. The van der Waals surface area contributed by atoms with E-state index in [1.165, 1.54) is 21.9 Å². The highest BCUT2D eigenvalue weighted by Gasteiger charge is 2.06. The molecule has 4 rings (SSSR count). The molecule has 0 aliphatic carbocycles. The highest BCUT2D eigenvalue weighted by Crippen LogP contribution is 2.19. The smallest absolute Gasteiger partial charge is 0.0671 e. The minimum atomic E-state index is 0.612. The maximum Gasteiger partial charge on any atom is 0.0671 e. The van der Waals surface area contributed by atoms with E-state index < -0.39 is 0 Å². The zero-order valence-electron chi connectivity index (χ0n) is 16.5. The molecule has 0 amide bonds. The van der Waals surface area contributed by atoms with Crippen LogP contribution in [0, 0.1) is 6.92 Å². The van der Waals surface area contributed by atoms with Gasteiger partial charge in [0.05, 0.1) is 12.3 Å². The van der Waals surface area contributed by atoms with Crippen LogP contribution >= 0.6 is 0 Å². The Morgan fingerprint density at radius 1 is 0.759 bits per heavy atom. The lowest BCUT2D eigenvalue weighted by atomic mass is 10.0. The lowest BCUT2D eigenvalue weighted by Crippen LogP contribution is -2.04. The van der Waals surface area contributed by atoms with Gasteiger partial charge in [0.2, 0.25) is 0 Å². The number of nitrogens with two attached hydrogens (primary N) is 1. The Morgan fingerprint density at radius 3 is 2.17 bits per heavy atom. The van der Waals surface area contributed by atoms with Gasteiger partial charge in [0.15, 0.2) is 0 Å². The van der Waals surface area contributed by atoms with Crippen molar-refractivity contribution in [2.45, 2.75) is 13.5 Å². The summed E-state index contributed by atoms with van der Waals surface area (Å²) in [4.78, 5) is 4.91. The second-order valence-corrected chi connectivity index (χ2v) is 7.21. The Hall–Kier alpha value is -3.65. The van der Waals surface area contributed by atoms with Crippen molar-refractivity contribution in [3.63, 3.8) is 0 Å². The molecule has 0 unspecified atom stereocenters. The predicted octanol–water partition coefficient (Wildman–Crippen LogP) is 6.14. The van der Waals surface area contributed by atoms with Crippen LogP contribution in [0.25, 0.3) is 16.5 Å². The van der Waals surface area contributed by atoms with Gasteiger partial charge in [-0.3, -0.25) is 4.99 Å². The largest absolute Gasteiger partial charge is 0.398 e. The molecule has 0 aliphatic rings.